The lowest BCUT2D eigenvalue weighted by atomic mass is 10.1. The Morgan fingerprint density at radius 1 is 0.382 bits per heavy atom. The Kier molecular flexibility index (Phi) is 14.6. The zero-order valence-electron chi connectivity index (χ0n) is 31.2. The smallest absolute Gasteiger partial charge is 0.187 e. The summed E-state index contributed by atoms with van der Waals surface area (Å²) < 4.78 is 58.5. The fourth-order valence-electron chi connectivity index (χ4n) is 6.86. The van der Waals surface area contributed by atoms with E-state index in [2.05, 4.69) is 0 Å². The van der Waals surface area contributed by atoms with E-state index in [0.29, 0.717) is 33.0 Å². The molecule has 5 aromatic carbocycles. The Morgan fingerprint density at radius 3 is 1.09 bits per heavy atom. The minimum Gasteiger partial charge on any atom is -0.374 e. The number of hydrogen-bond acceptors (Lipinski definition) is 9. The quantitative estimate of drug-likeness (QED) is 0.0798. The molecular weight excluding hydrogens is 696 g/mol. The van der Waals surface area contributed by atoms with Gasteiger partial charge in [0.15, 0.2) is 12.6 Å². The first-order valence-electron chi connectivity index (χ1n) is 18.9. The minimum atomic E-state index is -0.868. The lowest BCUT2D eigenvalue weighted by Gasteiger charge is -2.30. The second-order valence-corrected chi connectivity index (χ2v) is 13.7. The highest BCUT2D eigenvalue weighted by Crippen LogP contribution is 2.35. The number of methoxy groups -OCH3 is 1. The van der Waals surface area contributed by atoms with Gasteiger partial charge >= 0.3 is 0 Å². The Balaban J connectivity index is 1.13. The highest BCUT2D eigenvalue weighted by atomic mass is 16.8. The average molecular weight is 747 g/mol. The van der Waals surface area contributed by atoms with Crippen molar-refractivity contribution in [3.05, 3.63) is 179 Å². The summed E-state index contributed by atoms with van der Waals surface area (Å²) in [6.45, 7) is 2.43. The summed E-state index contributed by atoms with van der Waals surface area (Å²) in [6.07, 6.45) is -5.02. The summed E-state index contributed by atoms with van der Waals surface area (Å²) in [5.74, 6) is 0. The van der Waals surface area contributed by atoms with E-state index in [1.807, 2.05) is 152 Å². The first-order chi connectivity index (χ1) is 27.2. The predicted octanol–water partition coefficient (Wildman–Crippen LogP) is 7.66. The third-order valence-electron chi connectivity index (χ3n) is 9.70. The van der Waals surface area contributed by atoms with Crippen LogP contribution >= 0.6 is 0 Å². The van der Waals surface area contributed by atoms with Crippen LogP contribution in [0.1, 0.15) is 27.8 Å². The van der Waals surface area contributed by atoms with Crippen LogP contribution in [0, 0.1) is 0 Å². The summed E-state index contributed by atoms with van der Waals surface area (Å²) >= 11 is 0. The molecule has 0 spiro atoms. The van der Waals surface area contributed by atoms with E-state index in [9.17, 15) is 0 Å². The van der Waals surface area contributed by atoms with Gasteiger partial charge in [0, 0.05) is 7.11 Å². The molecule has 0 aliphatic carbocycles. The predicted molar refractivity (Wildman–Crippen MR) is 206 cm³/mol. The molecule has 8 atom stereocenters. The summed E-state index contributed by atoms with van der Waals surface area (Å²) in [7, 11) is 1.60. The maximum absolute atomic E-state index is 6.94. The van der Waals surface area contributed by atoms with Crippen molar-refractivity contribution in [1.29, 1.82) is 0 Å². The molecular formula is C46H50O9. The molecule has 2 saturated heterocycles. The fraction of sp³-hybridized carbons (Fsp3) is 0.348. The molecule has 0 saturated carbocycles. The van der Waals surface area contributed by atoms with Gasteiger partial charge in [-0.15, -0.1) is 0 Å². The van der Waals surface area contributed by atoms with E-state index in [1.165, 1.54) is 0 Å². The monoisotopic (exact) mass is 746 g/mol. The van der Waals surface area contributed by atoms with E-state index in [4.69, 9.17) is 42.6 Å². The average Bonchev–Trinajstić information content (AvgIpc) is 3.75. The fourth-order valence-corrected chi connectivity index (χ4v) is 6.86. The second kappa shape index (κ2) is 20.6. The normalized spacial score (nSPS) is 25.0. The van der Waals surface area contributed by atoms with Crippen molar-refractivity contribution in [2.45, 2.75) is 82.2 Å². The lowest BCUT2D eigenvalue weighted by molar-refractivity contribution is -0.251. The molecule has 2 fully saturated rings. The van der Waals surface area contributed by atoms with Crippen LogP contribution in [0.5, 0.6) is 0 Å². The van der Waals surface area contributed by atoms with E-state index in [-0.39, 0.29) is 13.2 Å². The van der Waals surface area contributed by atoms with Crippen LogP contribution in [-0.2, 0) is 75.7 Å². The molecule has 0 aromatic heterocycles. The maximum atomic E-state index is 6.94. The van der Waals surface area contributed by atoms with E-state index < -0.39 is 49.2 Å². The van der Waals surface area contributed by atoms with Gasteiger partial charge in [-0.2, -0.15) is 0 Å². The highest BCUT2D eigenvalue weighted by Gasteiger charge is 2.53. The molecule has 0 radical (unpaired) electrons. The van der Waals surface area contributed by atoms with Crippen molar-refractivity contribution in [2.24, 2.45) is 0 Å². The van der Waals surface area contributed by atoms with E-state index in [1.54, 1.807) is 7.11 Å². The molecule has 2 heterocycles. The van der Waals surface area contributed by atoms with Gasteiger partial charge in [-0.25, -0.2) is 0 Å². The number of ether oxygens (including phenoxy) is 9. The van der Waals surface area contributed by atoms with Crippen LogP contribution in [0.25, 0.3) is 0 Å². The zero-order valence-corrected chi connectivity index (χ0v) is 31.2. The van der Waals surface area contributed by atoms with Gasteiger partial charge in [0.05, 0.1) is 46.2 Å². The molecule has 0 amide bonds. The largest absolute Gasteiger partial charge is 0.374 e. The van der Waals surface area contributed by atoms with Gasteiger partial charge < -0.3 is 42.6 Å². The van der Waals surface area contributed by atoms with Crippen molar-refractivity contribution in [1.82, 2.24) is 0 Å². The highest BCUT2D eigenvalue weighted by molar-refractivity contribution is 5.17. The molecule has 0 bridgehead atoms. The Hall–Kier alpha value is -4.26. The summed E-state index contributed by atoms with van der Waals surface area (Å²) in [5.41, 5.74) is 5.21. The Morgan fingerprint density at radius 2 is 0.709 bits per heavy atom. The molecule has 2 aliphatic heterocycles. The molecule has 0 N–H and O–H groups in total. The molecule has 288 valence electrons. The Labute approximate surface area is 324 Å². The number of rotatable bonds is 20. The molecule has 9 nitrogen and oxygen atoms in total. The van der Waals surface area contributed by atoms with Gasteiger partial charge in [0.25, 0.3) is 0 Å². The van der Waals surface area contributed by atoms with Crippen LogP contribution in [-0.4, -0.2) is 69.5 Å². The summed E-state index contributed by atoms with van der Waals surface area (Å²) in [6, 6.07) is 50.3. The van der Waals surface area contributed by atoms with Crippen LogP contribution in [0.4, 0.5) is 0 Å². The van der Waals surface area contributed by atoms with Gasteiger partial charge in [-0.1, -0.05) is 152 Å². The lowest BCUT2D eigenvalue weighted by Crippen LogP contribution is -2.45. The first kappa shape index (κ1) is 39.0. The van der Waals surface area contributed by atoms with Gasteiger partial charge in [-0.3, -0.25) is 0 Å². The van der Waals surface area contributed by atoms with Crippen molar-refractivity contribution in [3.63, 3.8) is 0 Å². The summed E-state index contributed by atoms with van der Waals surface area (Å²) in [4.78, 5) is 0. The molecule has 55 heavy (non-hydrogen) atoms. The van der Waals surface area contributed by atoms with Crippen molar-refractivity contribution < 1.29 is 42.6 Å². The molecule has 2 aliphatic rings. The third kappa shape index (κ3) is 11.2. The van der Waals surface area contributed by atoms with Crippen molar-refractivity contribution >= 4 is 0 Å². The maximum Gasteiger partial charge on any atom is 0.187 e. The molecule has 5 aromatic rings. The minimum absolute atomic E-state index is 0.262. The Bertz CT molecular complexity index is 1780. The third-order valence-corrected chi connectivity index (χ3v) is 9.70. The van der Waals surface area contributed by atoms with Crippen LogP contribution in [0.2, 0.25) is 0 Å². The van der Waals surface area contributed by atoms with Crippen molar-refractivity contribution in [2.75, 3.05) is 20.3 Å². The van der Waals surface area contributed by atoms with Crippen LogP contribution in [0.3, 0.4) is 0 Å². The topological polar surface area (TPSA) is 83.1 Å². The first-order valence-corrected chi connectivity index (χ1v) is 18.9. The van der Waals surface area contributed by atoms with Crippen molar-refractivity contribution in [3.8, 4) is 0 Å². The second-order valence-electron chi connectivity index (χ2n) is 13.7. The number of benzene rings is 5. The SMILES string of the molecule is CO[C@@H]1O[C@H](COCc2ccccc2)[C@@H](OCc2ccccc2)[C@@H]1O[C@H]1O[C@H](COCc2ccccc2)[C@@H](OCc2ccccc2)[C@@H]1OCc1ccccc1. The molecule has 0 unspecified atom stereocenters. The molecule has 9 heteroatoms. The van der Waals surface area contributed by atoms with Gasteiger partial charge in [0.1, 0.15) is 36.6 Å². The molecule has 7 rings (SSSR count). The van der Waals surface area contributed by atoms with E-state index >= 15 is 0 Å². The number of hydrogen-bond donors (Lipinski definition) is 0. The van der Waals surface area contributed by atoms with E-state index in [0.717, 1.165) is 27.8 Å². The van der Waals surface area contributed by atoms with Crippen LogP contribution in [0.15, 0.2) is 152 Å². The zero-order chi connectivity index (χ0) is 37.5. The summed E-state index contributed by atoms with van der Waals surface area (Å²) in [5, 5.41) is 0. The standard InChI is InChI=1S/C46H50O9/c1-47-45-44(42(51-30-37-23-13-5-14-24-37)40(53-45)33-49-28-35-19-9-3-10-20-35)55-46-43(52-31-38-25-15-6-16-26-38)41(50-29-36-21-11-4-12-22-36)39(54-46)32-48-27-34-17-7-2-8-18-34/h2-26,39-46H,27-33H2,1H3/t39-,40-,41-,42-,43+,44+,45-,46-/m1/s1. The van der Waals surface area contributed by atoms with Crippen LogP contribution < -0.4 is 0 Å². The van der Waals surface area contributed by atoms with Gasteiger partial charge in [-0.05, 0) is 27.8 Å². The van der Waals surface area contributed by atoms with Gasteiger partial charge in [0.2, 0.25) is 0 Å².